The predicted octanol–water partition coefficient (Wildman–Crippen LogP) is 10.4. The van der Waals surface area contributed by atoms with Crippen LogP contribution in [-0.2, 0) is 13.1 Å². The van der Waals surface area contributed by atoms with E-state index in [9.17, 15) is 4.79 Å². The highest BCUT2D eigenvalue weighted by Crippen LogP contribution is 2.39. The maximum atomic E-state index is 16.1. The van der Waals surface area contributed by atoms with Gasteiger partial charge in [0.1, 0.15) is 12.3 Å². The van der Waals surface area contributed by atoms with E-state index in [1.165, 1.54) is 0 Å². The Labute approximate surface area is 268 Å². The van der Waals surface area contributed by atoms with Gasteiger partial charge >= 0.3 is 6.03 Å². The molecule has 1 aliphatic rings. The van der Waals surface area contributed by atoms with E-state index >= 15 is 8.78 Å². The van der Waals surface area contributed by atoms with Crippen LogP contribution < -0.4 is 0 Å². The molecule has 1 fully saturated rings. The van der Waals surface area contributed by atoms with Gasteiger partial charge in [-0.25, -0.2) is 13.6 Å². The Bertz CT molecular complexity index is 1810. The number of carbonyl (C=O) groups excluding carboxylic acids is 1. The molecule has 0 bridgehead atoms. The van der Waals surface area contributed by atoms with E-state index in [1.807, 2.05) is 72.8 Å². The molecule has 0 radical (unpaired) electrons. The molecule has 7 rings (SSSR count). The van der Waals surface area contributed by atoms with Gasteiger partial charge in [-0.15, -0.1) is 0 Å². The van der Waals surface area contributed by atoms with E-state index in [0.29, 0.717) is 24.2 Å². The van der Waals surface area contributed by atoms with E-state index in [0.717, 1.165) is 32.7 Å². The first-order valence-corrected chi connectivity index (χ1v) is 15.9. The van der Waals surface area contributed by atoms with Gasteiger partial charge in [-0.05, 0) is 55.9 Å². The van der Waals surface area contributed by atoms with Crippen molar-refractivity contribution < 1.29 is 13.6 Å². The van der Waals surface area contributed by atoms with Crippen molar-refractivity contribution in [1.82, 2.24) is 9.80 Å². The van der Waals surface area contributed by atoms with Crippen molar-refractivity contribution in [2.45, 2.75) is 50.4 Å². The number of urea groups is 1. The van der Waals surface area contributed by atoms with Crippen molar-refractivity contribution in [3.63, 3.8) is 0 Å². The van der Waals surface area contributed by atoms with Crippen LogP contribution in [0.2, 0.25) is 0 Å². The number of hydrogen-bond acceptors (Lipinski definition) is 1. The highest BCUT2D eigenvalue weighted by atomic mass is 19.1. The number of amides is 2. The first-order chi connectivity index (χ1) is 22.5. The summed E-state index contributed by atoms with van der Waals surface area (Å²) < 4.78 is 32.3. The topological polar surface area (TPSA) is 23.6 Å². The van der Waals surface area contributed by atoms with Crippen LogP contribution in [0.1, 0.15) is 47.4 Å². The van der Waals surface area contributed by atoms with Crippen molar-refractivity contribution >= 4 is 27.6 Å². The zero-order valence-corrected chi connectivity index (χ0v) is 25.6. The Morgan fingerprint density at radius 1 is 0.478 bits per heavy atom. The minimum absolute atomic E-state index is 0.0731. The summed E-state index contributed by atoms with van der Waals surface area (Å²) in [4.78, 5) is 18.1. The first kappa shape index (κ1) is 29.7. The highest BCUT2D eigenvalue weighted by Gasteiger charge is 2.47. The van der Waals surface area contributed by atoms with Gasteiger partial charge in [-0.1, -0.05) is 133 Å². The lowest BCUT2D eigenvalue weighted by atomic mass is 9.92. The van der Waals surface area contributed by atoms with E-state index in [-0.39, 0.29) is 18.9 Å². The van der Waals surface area contributed by atoms with Gasteiger partial charge in [0.2, 0.25) is 0 Å². The minimum atomic E-state index is -1.31. The Balaban J connectivity index is 1.27. The lowest BCUT2D eigenvalue weighted by Crippen LogP contribution is -2.39. The Morgan fingerprint density at radius 2 is 0.848 bits per heavy atom. The van der Waals surface area contributed by atoms with Gasteiger partial charge in [0.05, 0.1) is 12.1 Å². The molecule has 6 aromatic rings. The van der Waals surface area contributed by atoms with Crippen molar-refractivity contribution in [3.05, 3.63) is 168 Å². The molecule has 0 N–H and O–H groups in total. The molecule has 5 heteroatoms. The van der Waals surface area contributed by atoms with E-state index in [1.54, 1.807) is 34.1 Å². The van der Waals surface area contributed by atoms with Crippen molar-refractivity contribution in [1.29, 1.82) is 0 Å². The van der Waals surface area contributed by atoms with Gasteiger partial charge in [0, 0.05) is 25.9 Å². The van der Waals surface area contributed by atoms with Crippen LogP contribution in [0.4, 0.5) is 13.6 Å². The lowest BCUT2D eigenvalue weighted by molar-refractivity contribution is 0.157. The predicted molar refractivity (Wildman–Crippen MR) is 182 cm³/mol. The molecule has 2 amide bonds. The van der Waals surface area contributed by atoms with Crippen LogP contribution in [0, 0.1) is 0 Å². The summed E-state index contributed by atoms with van der Waals surface area (Å²) in [6.07, 6.45) is -2.47. The second-order valence-electron chi connectivity index (χ2n) is 12.3. The molecule has 6 aromatic carbocycles. The third-order valence-electron chi connectivity index (χ3n) is 9.29. The molecule has 0 aromatic heterocycles. The van der Waals surface area contributed by atoms with Crippen molar-refractivity contribution in [2.75, 3.05) is 0 Å². The van der Waals surface area contributed by atoms with Crippen LogP contribution in [0.25, 0.3) is 21.5 Å². The summed E-state index contributed by atoms with van der Waals surface area (Å²) in [7, 11) is 0. The molecule has 1 heterocycles. The monoisotopic (exact) mass is 610 g/mol. The second kappa shape index (κ2) is 13.1. The largest absolute Gasteiger partial charge is 0.321 e. The molecule has 230 valence electrons. The number of nitrogens with zero attached hydrogens (tertiary/aromatic N) is 2. The average Bonchev–Trinajstić information content (AvgIpc) is 3.33. The molecule has 3 nitrogen and oxygen atoms in total. The number of rotatable bonds is 10. The van der Waals surface area contributed by atoms with E-state index in [2.05, 4.69) is 48.5 Å². The SMILES string of the molecule is O=C1N(Cc2ccc3ccccc3c2)C(CC(F)c2ccccc2)C(CC(F)c2ccccc2)N1Cc1ccc2ccccc2c1. The van der Waals surface area contributed by atoms with Gasteiger partial charge in [0.15, 0.2) is 0 Å². The molecule has 0 aliphatic carbocycles. The molecule has 0 saturated carbocycles. The zero-order chi connectivity index (χ0) is 31.5. The van der Waals surface area contributed by atoms with Gasteiger partial charge in [0.25, 0.3) is 0 Å². The number of carbonyl (C=O) groups is 1. The number of halogens is 2. The first-order valence-electron chi connectivity index (χ1n) is 15.9. The summed E-state index contributed by atoms with van der Waals surface area (Å²) >= 11 is 0. The maximum absolute atomic E-state index is 16.1. The third-order valence-corrected chi connectivity index (χ3v) is 9.29. The normalized spacial score (nSPS) is 17.9. The number of fused-ring (bicyclic) bond motifs is 2. The Morgan fingerprint density at radius 3 is 1.26 bits per heavy atom. The molecule has 4 unspecified atom stereocenters. The third kappa shape index (κ3) is 6.23. The highest BCUT2D eigenvalue weighted by molar-refractivity contribution is 5.84. The zero-order valence-electron chi connectivity index (χ0n) is 25.6. The lowest BCUT2D eigenvalue weighted by Gasteiger charge is -2.30. The molecule has 4 atom stereocenters. The van der Waals surface area contributed by atoms with Gasteiger partial charge in [-0.2, -0.15) is 0 Å². The molecular formula is C41H36F2N2O. The average molecular weight is 611 g/mol. The molecule has 1 saturated heterocycles. The van der Waals surface area contributed by atoms with Crippen LogP contribution >= 0.6 is 0 Å². The van der Waals surface area contributed by atoms with Gasteiger partial charge in [-0.3, -0.25) is 0 Å². The van der Waals surface area contributed by atoms with Crippen LogP contribution in [-0.4, -0.2) is 27.9 Å². The van der Waals surface area contributed by atoms with Crippen LogP contribution in [0.3, 0.4) is 0 Å². The second-order valence-corrected chi connectivity index (χ2v) is 12.3. The fourth-order valence-corrected chi connectivity index (χ4v) is 6.89. The number of hydrogen-bond donors (Lipinski definition) is 0. The van der Waals surface area contributed by atoms with Gasteiger partial charge < -0.3 is 9.80 Å². The molecule has 0 spiro atoms. The number of alkyl halides is 2. The minimum Gasteiger partial charge on any atom is -0.315 e. The Hall–Kier alpha value is -5.03. The summed E-state index contributed by atoms with van der Waals surface area (Å²) in [6, 6.07) is 45.4. The number of benzene rings is 6. The summed E-state index contributed by atoms with van der Waals surface area (Å²) in [5, 5.41) is 4.38. The van der Waals surface area contributed by atoms with E-state index in [4.69, 9.17) is 0 Å². The quantitative estimate of drug-likeness (QED) is 0.151. The van der Waals surface area contributed by atoms with Crippen LogP contribution in [0.15, 0.2) is 146 Å². The Kier molecular flexibility index (Phi) is 8.47. The maximum Gasteiger partial charge on any atom is 0.321 e. The fraction of sp³-hybridized carbons (Fsp3) is 0.195. The molecule has 1 aliphatic heterocycles. The van der Waals surface area contributed by atoms with E-state index < -0.39 is 24.4 Å². The smallest absolute Gasteiger partial charge is 0.315 e. The summed E-state index contributed by atoms with van der Waals surface area (Å²) in [6.45, 7) is 0.617. The molecule has 46 heavy (non-hydrogen) atoms. The van der Waals surface area contributed by atoms with Crippen molar-refractivity contribution in [2.24, 2.45) is 0 Å². The fourth-order valence-electron chi connectivity index (χ4n) is 6.89. The molecular weight excluding hydrogens is 574 g/mol. The van der Waals surface area contributed by atoms with Crippen LogP contribution in [0.5, 0.6) is 0 Å². The standard InChI is InChI=1S/C41H36F2N2O/c42-37(33-13-3-1-4-14-33)25-39-40(26-38(43)34-15-5-2-6-16-34)45(28-30-20-22-32-12-8-10-18-36(32)24-30)41(46)44(39)27-29-19-21-31-11-7-9-17-35(31)23-29/h1-24,37-40H,25-28H2. The summed E-state index contributed by atoms with van der Waals surface area (Å²) in [5.41, 5.74) is 3.04. The summed E-state index contributed by atoms with van der Waals surface area (Å²) in [5.74, 6) is 0. The van der Waals surface area contributed by atoms with Crippen molar-refractivity contribution in [3.8, 4) is 0 Å².